The van der Waals surface area contributed by atoms with Gasteiger partial charge >= 0.3 is 6.18 Å². The number of pyridine rings is 1. The normalized spacial score (nSPS) is 15.6. The number of aliphatic hydroxyl groups is 1. The predicted octanol–water partition coefficient (Wildman–Crippen LogP) is 3.42. The third kappa shape index (κ3) is 3.02. The minimum atomic E-state index is -4.56. The van der Waals surface area contributed by atoms with Gasteiger partial charge in [0.15, 0.2) is 5.78 Å². The predicted molar refractivity (Wildman–Crippen MR) is 84.2 cm³/mol. The lowest BCUT2D eigenvalue weighted by molar-refractivity contribution is -0.138. The van der Waals surface area contributed by atoms with Gasteiger partial charge < -0.3 is 9.84 Å². The Morgan fingerprint density at radius 2 is 2.08 bits per heavy atom. The van der Waals surface area contributed by atoms with Crippen molar-refractivity contribution in [3.05, 3.63) is 64.0 Å². The number of alkyl halides is 3. The highest BCUT2D eigenvalue weighted by atomic mass is 19.4. The van der Waals surface area contributed by atoms with Crippen LogP contribution in [-0.2, 0) is 19.2 Å². The van der Waals surface area contributed by atoms with Crippen LogP contribution in [0.4, 0.5) is 13.2 Å². The summed E-state index contributed by atoms with van der Waals surface area (Å²) >= 11 is 0. The molecule has 0 unspecified atom stereocenters. The summed E-state index contributed by atoms with van der Waals surface area (Å²) in [4.78, 5) is 16.3. The summed E-state index contributed by atoms with van der Waals surface area (Å²) in [6.07, 6.45) is -2.02. The molecule has 3 rings (SSSR count). The lowest BCUT2D eigenvalue weighted by atomic mass is 10.0. The second kappa shape index (κ2) is 6.33. The molecular formula is C18H14F3NO3. The fourth-order valence-electron chi connectivity index (χ4n) is 2.94. The van der Waals surface area contributed by atoms with Gasteiger partial charge in [0.05, 0.1) is 25.0 Å². The molecule has 25 heavy (non-hydrogen) atoms. The van der Waals surface area contributed by atoms with Crippen LogP contribution in [0.2, 0.25) is 0 Å². The molecule has 1 N–H and O–H groups in total. The number of fused-ring (bicyclic) bond motifs is 1. The quantitative estimate of drug-likeness (QED) is 0.863. The first-order valence-electron chi connectivity index (χ1n) is 7.44. The fraction of sp³-hybridized carbons (Fsp3) is 0.222. The number of aliphatic hydroxyl groups excluding tert-OH is 1. The van der Waals surface area contributed by atoms with E-state index in [2.05, 4.69) is 4.98 Å². The highest BCUT2D eigenvalue weighted by Gasteiger charge is 2.35. The molecule has 1 aromatic heterocycles. The molecule has 0 saturated heterocycles. The minimum absolute atomic E-state index is 0.124. The van der Waals surface area contributed by atoms with Gasteiger partial charge in [0.1, 0.15) is 5.75 Å². The molecule has 1 heterocycles. The van der Waals surface area contributed by atoms with Crippen LogP contribution < -0.4 is 4.74 Å². The molecule has 1 aromatic carbocycles. The van der Waals surface area contributed by atoms with Crippen molar-refractivity contribution in [2.24, 2.45) is 0 Å². The van der Waals surface area contributed by atoms with Crippen molar-refractivity contribution >= 4 is 11.9 Å². The number of hydrogen-bond donors (Lipinski definition) is 1. The van der Waals surface area contributed by atoms with Crippen molar-refractivity contribution in [2.45, 2.75) is 19.2 Å². The first kappa shape index (κ1) is 17.2. The largest absolute Gasteiger partial charge is 0.496 e. The molecule has 0 aliphatic heterocycles. The lowest BCUT2D eigenvalue weighted by Gasteiger charge is -2.10. The number of Topliss-reactive ketones (excluding diaryl/α,β-unsaturated/α-hetero) is 1. The van der Waals surface area contributed by atoms with E-state index in [1.807, 2.05) is 0 Å². The molecule has 1 aliphatic carbocycles. The number of rotatable bonds is 3. The van der Waals surface area contributed by atoms with E-state index in [-0.39, 0.29) is 30.1 Å². The molecule has 0 radical (unpaired) electrons. The number of allylic oxidation sites excluding steroid dienone is 1. The van der Waals surface area contributed by atoms with E-state index in [4.69, 9.17) is 4.74 Å². The van der Waals surface area contributed by atoms with E-state index >= 15 is 0 Å². The van der Waals surface area contributed by atoms with Gasteiger partial charge in [0.25, 0.3) is 0 Å². The van der Waals surface area contributed by atoms with Gasteiger partial charge in [-0.2, -0.15) is 13.2 Å². The van der Waals surface area contributed by atoms with Crippen molar-refractivity contribution in [1.82, 2.24) is 4.98 Å². The Balaban J connectivity index is 2.08. The van der Waals surface area contributed by atoms with Gasteiger partial charge in [-0.05, 0) is 18.2 Å². The number of methoxy groups -OCH3 is 1. The van der Waals surface area contributed by atoms with Crippen molar-refractivity contribution in [2.75, 3.05) is 7.11 Å². The van der Waals surface area contributed by atoms with Crippen LogP contribution in [-0.4, -0.2) is 23.0 Å². The molecule has 0 atom stereocenters. The molecule has 2 aromatic rings. The number of ether oxygens (including phenoxy) is 1. The second-order valence-corrected chi connectivity index (χ2v) is 5.55. The standard InChI is InChI=1S/C18H14F3NO3/c1-25-17-10(9-23)4-5-12-13(17)7-11(16(12)24)8-15-14(18(19,20)21)3-2-6-22-15/h2-6,8,23H,7,9H2,1H3/b11-8+. The van der Waals surface area contributed by atoms with Gasteiger partial charge in [-0.1, -0.05) is 12.1 Å². The van der Waals surface area contributed by atoms with Crippen LogP contribution in [0.25, 0.3) is 6.08 Å². The van der Waals surface area contributed by atoms with Crippen LogP contribution in [0.5, 0.6) is 5.75 Å². The molecule has 0 spiro atoms. The number of nitrogens with zero attached hydrogens (tertiary/aromatic N) is 1. The van der Waals surface area contributed by atoms with Crippen LogP contribution in [0.15, 0.2) is 36.0 Å². The number of aromatic nitrogens is 1. The number of ketones is 1. The first-order chi connectivity index (χ1) is 11.9. The van der Waals surface area contributed by atoms with E-state index in [0.29, 0.717) is 22.4 Å². The molecule has 130 valence electrons. The summed E-state index contributed by atoms with van der Waals surface area (Å²) in [5.74, 6) is 0.0189. The molecule has 7 heteroatoms. The van der Waals surface area contributed by atoms with E-state index < -0.39 is 11.7 Å². The molecule has 4 nitrogen and oxygen atoms in total. The molecule has 0 saturated carbocycles. The molecule has 1 aliphatic rings. The summed E-state index contributed by atoms with van der Waals surface area (Å²) < 4.78 is 44.6. The zero-order chi connectivity index (χ0) is 18.2. The van der Waals surface area contributed by atoms with Gasteiger partial charge in [-0.3, -0.25) is 9.78 Å². The first-order valence-corrected chi connectivity index (χ1v) is 7.44. The lowest BCUT2D eigenvalue weighted by Crippen LogP contribution is -2.09. The average molecular weight is 349 g/mol. The molecular weight excluding hydrogens is 335 g/mol. The zero-order valence-corrected chi connectivity index (χ0v) is 13.2. The van der Waals surface area contributed by atoms with Crippen molar-refractivity contribution in [3.8, 4) is 5.75 Å². The minimum Gasteiger partial charge on any atom is -0.496 e. The number of halogens is 3. The van der Waals surface area contributed by atoms with Crippen LogP contribution >= 0.6 is 0 Å². The smallest absolute Gasteiger partial charge is 0.418 e. The summed E-state index contributed by atoms with van der Waals surface area (Å²) in [6, 6.07) is 5.25. The van der Waals surface area contributed by atoms with E-state index in [0.717, 1.165) is 6.07 Å². The summed E-state index contributed by atoms with van der Waals surface area (Å²) in [5, 5.41) is 9.36. The van der Waals surface area contributed by atoms with Gasteiger partial charge in [0, 0.05) is 34.9 Å². The number of carbonyl (C=O) groups is 1. The van der Waals surface area contributed by atoms with E-state index in [1.54, 1.807) is 12.1 Å². The number of hydrogen-bond acceptors (Lipinski definition) is 4. The van der Waals surface area contributed by atoms with Gasteiger partial charge in [-0.15, -0.1) is 0 Å². The van der Waals surface area contributed by atoms with E-state index in [9.17, 15) is 23.1 Å². The highest BCUT2D eigenvalue weighted by Crippen LogP contribution is 2.38. The van der Waals surface area contributed by atoms with Gasteiger partial charge in [0.2, 0.25) is 0 Å². The third-order valence-corrected chi connectivity index (χ3v) is 4.07. The van der Waals surface area contributed by atoms with Crippen LogP contribution in [0.1, 0.15) is 32.7 Å². The monoisotopic (exact) mass is 349 g/mol. The maximum Gasteiger partial charge on any atom is 0.418 e. The Labute approximate surface area is 141 Å². The number of benzene rings is 1. The third-order valence-electron chi connectivity index (χ3n) is 4.07. The summed E-state index contributed by atoms with van der Waals surface area (Å²) in [6.45, 7) is -0.262. The maximum absolute atomic E-state index is 13.1. The molecule has 0 fully saturated rings. The Hall–Kier alpha value is -2.67. The Kier molecular flexibility index (Phi) is 4.34. The van der Waals surface area contributed by atoms with Crippen molar-refractivity contribution < 1.29 is 27.8 Å². The van der Waals surface area contributed by atoms with E-state index in [1.165, 1.54) is 25.4 Å². The summed E-state index contributed by atoms with van der Waals surface area (Å²) in [5.41, 5.74) is 0.457. The van der Waals surface area contributed by atoms with Crippen molar-refractivity contribution in [1.29, 1.82) is 0 Å². The Morgan fingerprint density at radius 3 is 2.72 bits per heavy atom. The molecule has 0 amide bonds. The van der Waals surface area contributed by atoms with Crippen molar-refractivity contribution in [3.63, 3.8) is 0 Å². The zero-order valence-electron chi connectivity index (χ0n) is 13.2. The number of carbonyl (C=O) groups excluding carboxylic acids is 1. The summed E-state index contributed by atoms with van der Waals surface area (Å²) in [7, 11) is 1.42. The highest BCUT2D eigenvalue weighted by molar-refractivity contribution is 6.16. The van der Waals surface area contributed by atoms with Crippen LogP contribution in [0, 0.1) is 0 Å². The molecule has 0 bridgehead atoms. The second-order valence-electron chi connectivity index (χ2n) is 5.55. The van der Waals surface area contributed by atoms with Crippen LogP contribution in [0.3, 0.4) is 0 Å². The topological polar surface area (TPSA) is 59.4 Å². The average Bonchev–Trinajstić information content (AvgIpc) is 2.89. The SMILES string of the molecule is COc1c(CO)ccc2c1C/C(=C\c1ncccc1C(F)(F)F)C2=O. The van der Waals surface area contributed by atoms with Gasteiger partial charge in [-0.25, -0.2) is 0 Å². The maximum atomic E-state index is 13.1. The Bertz CT molecular complexity index is 872. The fourth-order valence-corrected chi connectivity index (χ4v) is 2.94. The Morgan fingerprint density at radius 1 is 1.32 bits per heavy atom.